The summed E-state index contributed by atoms with van der Waals surface area (Å²) in [4.78, 5) is 26.3. The van der Waals surface area contributed by atoms with Gasteiger partial charge >= 0.3 is 0 Å². The van der Waals surface area contributed by atoms with Gasteiger partial charge in [-0.2, -0.15) is 0 Å². The van der Waals surface area contributed by atoms with Crippen LogP contribution in [-0.4, -0.2) is 41.0 Å². The number of benzene rings is 1. The van der Waals surface area contributed by atoms with Gasteiger partial charge in [-0.25, -0.2) is 0 Å². The van der Waals surface area contributed by atoms with Gasteiger partial charge in [-0.1, -0.05) is 38.1 Å². The minimum Gasteiger partial charge on any atom is -0.503 e. The smallest absolute Gasteiger partial charge is 0.290 e. The Labute approximate surface area is 148 Å². The van der Waals surface area contributed by atoms with Gasteiger partial charge < -0.3 is 14.7 Å². The molecular weight excluding hydrogens is 318 g/mol. The van der Waals surface area contributed by atoms with Crippen molar-refractivity contribution in [3.8, 4) is 0 Å². The van der Waals surface area contributed by atoms with Crippen LogP contribution in [0, 0.1) is 0 Å². The van der Waals surface area contributed by atoms with Crippen LogP contribution < -0.4 is 0 Å². The predicted molar refractivity (Wildman–Crippen MR) is 94.3 cm³/mol. The second-order valence-electron chi connectivity index (χ2n) is 7.13. The number of ether oxygens (including phenoxy) is 1. The van der Waals surface area contributed by atoms with E-state index < -0.39 is 17.7 Å². The highest BCUT2D eigenvalue weighted by Crippen LogP contribution is 2.38. The fraction of sp³-hybridized carbons (Fsp3) is 0.500. The van der Waals surface area contributed by atoms with Crippen LogP contribution in [0.4, 0.5) is 0 Å². The van der Waals surface area contributed by atoms with E-state index in [1.165, 1.54) is 12.5 Å². The maximum absolute atomic E-state index is 12.6. The van der Waals surface area contributed by atoms with Crippen LogP contribution in [0.3, 0.4) is 0 Å². The van der Waals surface area contributed by atoms with E-state index in [0.29, 0.717) is 19.1 Å². The molecule has 0 aromatic heterocycles. The van der Waals surface area contributed by atoms with Crippen molar-refractivity contribution in [2.45, 2.75) is 51.7 Å². The van der Waals surface area contributed by atoms with E-state index >= 15 is 0 Å². The van der Waals surface area contributed by atoms with Gasteiger partial charge in [0.2, 0.25) is 0 Å². The summed E-state index contributed by atoms with van der Waals surface area (Å²) in [5.74, 6) is -0.792. The molecule has 25 heavy (non-hydrogen) atoms. The topological polar surface area (TPSA) is 66.8 Å². The fourth-order valence-corrected chi connectivity index (χ4v) is 3.62. The second kappa shape index (κ2) is 7.00. The molecule has 0 bridgehead atoms. The summed E-state index contributed by atoms with van der Waals surface area (Å²) < 4.78 is 5.65. The van der Waals surface area contributed by atoms with E-state index in [1.807, 2.05) is 24.3 Å². The summed E-state index contributed by atoms with van der Waals surface area (Å²) in [6.07, 6.45) is 1.82. The van der Waals surface area contributed by atoms with E-state index in [4.69, 9.17) is 4.74 Å². The molecule has 0 radical (unpaired) electrons. The Bertz CT molecular complexity index is 699. The highest BCUT2D eigenvalue weighted by molar-refractivity contribution is 6.08. The standard InChI is InChI=1S/C20H25NO4/c1-12(2)14-6-8-15(9-7-14)18-17(13(3)22)19(23)20(24)21(18)11-16-5-4-10-25-16/h6-9,12,16,18,23H,4-5,10-11H2,1-3H3/t16-,18-/m0/s1. The Morgan fingerprint density at radius 3 is 2.52 bits per heavy atom. The normalized spacial score (nSPS) is 23.8. The molecule has 3 rings (SSSR count). The highest BCUT2D eigenvalue weighted by atomic mass is 16.5. The molecule has 0 spiro atoms. The van der Waals surface area contributed by atoms with Crippen LogP contribution in [-0.2, 0) is 14.3 Å². The summed E-state index contributed by atoms with van der Waals surface area (Å²) in [6.45, 7) is 6.70. The summed E-state index contributed by atoms with van der Waals surface area (Å²) in [6, 6.07) is 7.37. The number of carbonyl (C=O) groups excluding carboxylic acids is 2. The molecule has 5 heteroatoms. The summed E-state index contributed by atoms with van der Waals surface area (Å²) in [5.41, 5.74) is 2.21. The number of ketones is 1. The first kappa shape index (κ1) is 17.7. The lowest BCUT2D eigenvalue weighted by molar-refractivity contribution is -0.131. The number of amides is 1. The highest BCUT2D eigenvalue weighted by Gasteiger charge is 2.43. The van der Waals surface area contributed by atoms with E-state index in [2.05, 4.69) is 13.8 Å². The molecule has 2 atom stereocenters. The lowest BCUT2D eigenvalue weighted by Crippen LogP contribution is -2.37. The van der Waals surface area contributed by atoms with Gasteiger partial charge in [-0.3, -0.25) is 9.59 Å². The van der Waals surface area contributed by atoms with Gasteiger partial charge in [0.1, 0.15) is 0 Å². The third kappa shape index (κ3) is 3.33. The maximum atomic E-state index is 12.6. The number of carbonyl (C=O) groups is 2. The van der Waals surface area contributed by atoms with Crippen molar-refractivity contribution in [3.63, 3.8) is 0 Å². The molecule has 1 N–H and O–H groups in total. The molecule has 2 aliphatic rings. The van der Waals surface area contributed by atoms with E-state index in [9.17, 15) is 14.7 Å². The fourth-order valence-electron chi connectivity index (χ4n) is 3.62. The molecule has 0 saturated carbocycles. The zero-order valence-electron chi connectivity index (χ0n) is 15.0. The van der Waals surface area contributed by atoms with Crippen LogP contribution >= 0.6 is 0 Å². The van der Waals surface area contributed by atoms with E-state index in [1.54, 1.807) is 4.90 Å². The van der Waals surface area contributed by atoms with Gasteiger partial charge in [-0.05, 0) is 36.8 Å². The zero-order valence-corrected chi connectivity index (χ0v) is 15.0. The minimum atomic E-state index is -0.546. The Kier molecular flexibility index (Phi) is 4.95. The Morgan fingerprint density at radius 2 is 2.00 bits per heavy atom. The largest absolute Gasteiger partial charge is 0.503 e. The number of hydrogen-bond acceptors (Lipinski definition) is 4. The van der Waals surface area contributed by atoms with Crippen molar-refractivity contribution in [3.05, 3.63) is 46.7 Å². The number of nitrogens with zero attached hydrogens (tertiary/aromatic N) is 1. The molecule has 1 aromatic rings. The molecule has 2 heterocycles. The van der Waals surface area contributed by atoms with Crippen molar-refractivity contribution >= 4 is 11.7 Å². The summed E-state index contributed by atoms with van der Waals surface area (Å²) in [5, 5.41) is 10.3. The van der Waals surface area contributed by atoms with Crippen LogP contribution in [0.1, 0.15) is 56.7 Å². The molecule has 134 valence electrons. The van der Waals surface area contributed by atoms with Crippen molar-refractivity contribution in [2.75, 3.05) is 13.2 Å². The van der Waals surface area contributed by atoms with Crippen LogP contribution in [0.15, 0.2) is 35.6 Å². The summed E-state index contributed by atoms with van der Waals surface area (Å²) in [7, 11) is 0. The third-order valence-corrected chi connectivity index (χ3v) is 5.03. The molecule has 0 unspecified atom stereocenters. The van der Waals surface area contributed by atoms with Crippen molar-refractivity contribution < 1.29 is 19.4 Å². The van der Waals surface area contributed by atoms with Crippen LogP contribution in [0.2, 0.25) is 0 Å². The van der Waals surface area contributed by atoms with Gasteiger partial charge in [0.25, 0.3) is 5.91 Å². The average Bonchev–Trinajstić information content (AvgIpc) is 3.17. The van der Waals surface area contributed by atoms with Crippen LogP contribution in [0.5, 0.6) is 0 Å². The van der Waals surface area contributed by atoms with E-state index in [0.717, 1.165) is 18.4 Å². The number of rotatable bonds is 5. The molecule has 2 aliphatic heterocycles. The van der Waals surface area contributed by atoms with Gasteiger partial charge in [-0.15, -0.1) is 0 Å². The third-order valence-electron chi connectivity index (χ3n) is 5.03. The van der Waals surface area contributed by atoms with Gasteiger partial charge in [0.05, 0.1) is 17.7 Å². The average molecular weight is 343 g/mol. The number of hydrogen-bond donors (Lipinski definition) is 1. The van der Waals surface area contributed by atoms with Gasteiger partial charge in [0.15, 0.2) is 11.5 Å². The second-order valence-corrected chi connectivity index (χ2v) is 7.13. The molecule has 1 aromatic carbocycles. The molecular formula is C20H25NO4. The lowest BCUT2D eigenvalue weighted by Gasteiger charge is -2.29. The number of aliphatic hydroxyl groups is 1. The molecule has 1 amide bonds. The molecule has 0 aliphatic carbocycles. The van der Waals surface area contributed by atoms with Crippen molar-refractivity contribution in [1.82, 2.24) is 4.90 Å². The number of Topliss-reactive ketones (excluding diaryl/α,β-unsaturated/α-hetero) is 1. The first-order chi connectivity index (χ1) is 11.9. The van der Waals surface area contributed by atoms with Crippen molar-refractivity contribution in [2.24, 2.45) is 0 Å². The zero-order chi connectivity index (χ0) is 18.1. The summed E-state index contributed by atoms with van der Waals surface area (Å²) >= 11 is 0. The lowest BCUT2D eigenvalue weighted by atomic mass is 9.94. The van der Waals surface area contributed by atoms with E-state index in [-0.39, 0.29) is 17.5 Å². The first-order valence-electron chi connectivity index (χ1n) is 8.86. The molecule has 1 saturated heterocycles. The maximum Gasteiger partial charge on any atom is 0.290 e. The van der Waals surface area contributed by atoms with Gasteiger partial charge in [0, 0.05) is 13.2 Å². The Hall–Kier alpha value is -2.14. The SMILES string of the molecule is CC(=O)C1=C(O)C(=O)N(C[C@@H]2CCCO2)[C@H]1c1ccc(C(C)C)cc1. The molecule has 1 fully saturated rings. The number of aliphatic hydroxyl groups excluding tert-OH is 1. The van der Waals surface area contributed by atoms with Crippen LogP contribution in [0.25, 0.3) is 0 Å². The van der Waals surface area contributed by atoms with Crippen molar-refractivity contribution in [1.29, 1.82) is 0 Å². The predicted octanol–water partition coefficient (Wildman–Crippen LogP) is 3.27. The molecule has 5 nitrogen and oxygen atoms in total. The quantitative estimate of drug-likeness (QED) is 0.891. The minimum absolute atomic E-state index is 0.0412. The Morgan fingerprint density at radius 1 is 1.32 bits per heavy atom. The Balaban J connectivity index is 1.96. The monoisotopic (exact) mass is 343 g/mol. The first-order valence-corrected chi connectivity index (χ1v) is 8.86.